The molecule has 0 atom stereocenters. The van der Waals surface area contributed by atoms with Crippen molar-refractivity contribution in [3.05, 3.63) is 45.4 Å². The van der Waals surface area contributed by atoms with Gasteiger partial charge in [-0.15, -0.1) is 11.3 Å². The van der Waals surface area contributed by atoms with Gasteiger partial charge in [-0.3, -0.25) is 4.79 Å². The first-order valence-corrected chi connectivity index (χ1v) is 7.22. The number of carbonyl (C=O) groups is 1. The lowest BCUT2D eigenvalue weighted by molar-refractivity contribution is -0.116. The van der Waals surface area contributed by atoms with Gasteiger partial charge in [0.1, 0.15) is 0 Å². The van der Waals surface area contributed by atoms with Crippen LogP contribution in [0.3, 0.4) is 0 Å². The van der Waals surface area contributed by atoms with Gasteiger partial charge in [0.05, 0.1) is 5.69 Å². The highest BCUT2D eigenvalue weighted by Gasteiger charge is 2.08. The number of hydrogen-bond acceptors (Lipinski definition) is 3. The zero-order chi connectivity index (χ0) is 13.8. The molecule has 3 nitrogen and oxygen atoms in total. The van der Waals surface area contributed by atoms with Crippen LogP contribution in [0.5, 0.6) is 0 Å². The molecule has 0 saturated heterocycles. The van der Waals surface area contributed by atoms with Crippen LogP contribution in [0, 0.1) is 13.8 Å². The molecule has 0 aliphatic rings. The lowest BCUT2D eigenvalue weighted by Crippen LogP contribution is -2.12. The molecule has 100 valence electrons. The Balaban J connectivity index is 1.86. The minimum atomic E-state index is -0.0105. The number of carbonyl (C=O) groups excluding carboxylic acids is 1. The average molecular weight is 295 g/mol. The number of aromatic nitrogens is 1. The molecule has 2 rings (SSSR count). The quantitative estimate of drug-likeness (QED) is 0.926. The molecule has 0 spiro atoms. The highest BCUT2D eigenvalue weighted by atomic mass is 35.5. The molecule has 2 aromatic rings. The fraction of sp³-hybridized carbons (Fsp3) is 0.286. The van der Waals surface area contributed by atoms with Gasteiger partial charge in [0.2, 0.25) is 5.91 Å². The normalized spacial score (nSPS) is 10.5. The van der Waals surface area contributed by atoms with E-state index in [9.17, 15) is 4.79 Å². The van der Waals surface area contributed by atoms with Gasteiger partial charge in [0, 0.05) is 16.3 Å². The van der Waals surface area contributed by atoms with E-state index in [1.165, 1.54) is 11.3 Å². The zero-order valence-corrected chi connectivity index (χ0v) is 12.4. The summed E-state index contributed by atoms with van der Waals surface area (Å²) in [4.78, 5) is 17.2. The monoisotopic (exact) mass is 294 g/mol. The summed E-state index contributed by atoms with van der Waals surface area (Å²) in [5, 5.41) is 4.21. The lowest BCUT2D eigenvalue weighted by Gasteiger charge is -2.02. The molecule has 0 aliphatic heterocycles. The Labute approximate surface area is 121 Å². The fourth-order valence-corrected chi connectivity index (χ4v) is 2.57. The van der Waals surface area contributed by atoms with Gasteiger partial charge in [0.25, 0.3) is 0 Å². The van der Waals surface area contributed by atoms with Crippen molar-refractivity contribution >= 4 is 34.0 Å². The summed E-state index contributed by atoms with van der Waals surface area (Å²) in [7, 11) is 0. The summed E-state index contributed by atoms with van der Waals surface area (Å²) in [5.74, 6) is -0.0105. The van der Waals surface area contributed by atoms with E-state index >= 15 is 0 Å². The van der Waals surface area contributed by atoms with E-state index in [0.717, 1.165) is 16.1 Å². The maximum atomic E-state index is 11.8. The summed E-state index contributed by atoms with van der Waals surface area (Å²) in [5.41, 5.74) is 2.07. The second kappa shape index (κ2) is 6.17. The van der Waals surface area contributed by atoms with Crippen molar-refractivity contribution in [1.29, 1.82) is 0 Å². The van der Waals surface area contributed by atoms with Gasteiger partial charge in [0.15, 0.2) is 5.13 Å². The van der Waals surface area contributed by atoms with Gasteiger partial charge in [-0.1, -0.05) is 23.7 Å². The van der Waals surface area contributed by atoms with Crippen molar-refractivity contribution in [2.45, 2.75) is 26.7 Å². The summed E-state index contributed by atoms with van der Waals surface area (Å²) in [6, 6.07) is 7.55. The maximum Gasteiger partial charge on any atom is 0.226 e. The highest BCUT2D eigenvalue weighted by molar-refractivity contribution is 7.15. The van der Waals surface area contributed by atoms with Crippen molar-refractivity contribution in [2.24, 2.45) is 0 Å². The maximum absolute atomic E-state index is 11.8. The molecule has 0 bridgehead atoms. The van der Waals surface area contributed by atoms with Crippen molar-refractivity contribution in [1.82, 2.24) is 4.98 Å². The number of aryl methyl sites for hydroxylation is 3. The Morgan fingerprint density at radius 1 is 1.32 bits per heavy atom. The van der Waals surface area contributed by atoms with Gasteiger partial charge in [-0.25, -0.2) is 4.98 Å². The number of anilines is 1. The van der Waals surface area contributed by atoms with E-state index in [1.807, 2.05) is 38.1 Å². The molecule has 0 aliphatic carbocycles. The molecule has 0 fully saturated rings. The Bertz CT molecular complexity index is 558. The van der Waals surface area contributed by atoms with Crippen molar-refractivity contribution in [3.63, 3.8) is 0 Å². The fourth-order valence-electron chi connectivity index (χ4n) is 1.62. The first kappa shape index (κ1) is 14.0. The lowest BCUT2D eigenvalue weighted by atomic mass is 10.1. The van der Waals surface area contributed by atoms with Crippen LogP contribution in [0.15, 0.2) is 24.3 Å². The number of rotatable bonds is 4. The molecule has 0 saturated carbocycles. The van der Waals surface area contributed by atoms with Crippen LogP contribution in [0.1, 0.15) is 22.6 Å². The van der Waals surface area contributed by atoms with Gasteiger partial charge in [-0.2, -0.15) is 0 Å². The topological polar surface area (TPSA) is 42.0 Å². The Morgan fingerprint density at radius 3 is 2.58 bits per heavy atom. The number of thiazole rings is 1. The SMILES string of the molecule is Cc1nc(NC(=O)CCc2ccc(Cl)cc2)sc1C. The molecule has 1 aromatic heterocycles. The Morgan fingerprint density at radius 2 is 2.00 bits per heavy atom. The van der Waals surface area contributed by atoms with Gasteiger partial charge in [-0.05, 0) is 38.0 Å². The molecule has 5 heteroatoms. The number of nitrogens with one attached hydrogen (secondary N) is 1. The van der Waals surface area contributed by atoms with Crippen molar-refractivity contribution in [2.75, 3.05) is 5.32 Å². The largest absolute Gasteiger partial charge is 0.302 e. The third kappa shape index (κ3) is 4.04. The second-order valence-corrected chi connectivity index (χ2v) is 5.97. The van der Waals surface area contributed by atoms with E-state index < -0.39 is 0 Å². The van der Waals surface area contributed by atoms with Crippen LogP contribution in [0.4, 0.5) is 5.13 Å². The summed E-state index contributed by atoms with van der Waals surface area (Å²) >= 11 is 7.32. The van der Waals surface area contributed by atoms with Crippen LogP contribution in [-0.4, -0.2) is 10.9 Å². The molecular formula is C14H15ClN2OS. The van der Waals surface area contributed by atoms with Gasteiger partial charge >= 0.3 is 0 Å². The summed E-state index contributed by atoms with van der Waals surface area (Å²) in [6.07, 6.45) is 1.14. The minimum Gasteiger partial charge on any atom is -0.302 e. The van der Waals surface area contributed by atoms with Gasteiger partial charge < -0.3 is 5.32 Å². The third-order valence-electron chi connectivity index (χ3n) is 2.83. The molecular weight excluding hydrogens is 280 g/mol. The van der Waals surface area contributed by atoms with E-state index in [-0.39, 0.29) is 5.91 Å². The standard InChI is InChI=1S/C14H15ClN2OS/c1-9-10(2)19-14(16-9)17-13(18)8-5-11-3-6-12(15)7-4-11/h3-4,6-7H,5,8H2,1-2H3,(H,16,17,18). The minimum absolute atomic E-state index is 0.0105. The van der Waals surface area contributed by atoms with E-state index in [1.54, 1.807) is 0 Å². The number of halogens is 1. The first-order chi connectivity index (χ1) is 9.04. The smallest absolute Gasteiger partial charge is 0.226 e. The molecule has 1 heterocycles. The summed E-state index contributed by atoms with van der Waals surface area (Å²) < 4.78 is 0. The first-order valence-electron chi connectivity index (χ1n) is 6.03. The van der Waals surface area contributed by atoms with Crippen molar-refractivity contribution < 1.29 is 4.79 Å². The van der Waals surface area contributed by atoms with E-state index in [0.29, 0.717) is 23.0 Å². The van der Waals surface area contributed by atoms with Crippen LogP contribution in [0.2, 0.25) is 5.02 Å². The number of nitrogens with zero attached hydrogens (tertiary/aromatic N) is 1. The predicted octanol–water partition coefficient (Wildman–Crippen LogP) is 3.98. The zero-order valence-electron chi connectivity index (χ0n) is 10.9. The van der Waals surface area contributed by atoms with Crippen LogP contribution < -0.4 is 5.32 Å². The molecule has 1 N–H and O–H groups in total. The molecule has 1 aromatic carbocycles. The molecule has 1 amide bonds. The molecule has 0 radical (unpaired) electrons. The highest BCUT2D eigenvalue weighted by Crippen LogP contribution is 2.21. The van der Waals surface area contributed by atoms with Crippen LogP contribution in [0.25, 0.3) is 0 Å². The average Bonchev–Trinajstić information content (AvgIpc) is 2.67. The number of hydrogen-bond donors (Lipinski definition) is 1. The number of benzene rings is 1. The van der Waals surface area contributed by atoms with E-state index in [4.69, 9.17) is 11.6 Å². The second-order valence-electron chi connectivity index (χ2n) is 4.34. The van der Waals surface area contributed by atoms with E-state index in [2.05, 4.69) is 10.3 Å². The predicted molar refractivity (Wildman–Crippen MR) is 80.0 cm³/mol. The molecule has 0 unspecified atom stereocenters. The van der Waals surface area contributed by atoms with Crippen molar-refractivity contribution in [3.8, 4) is 0 Å². The number of amides is 1. The summed E-state index contributed by atoms with van der Waals surface area (Å²) in [6.45, 7) is 3.94. The third-order valence-corrected chi connectivity index (χ3v) is 4.07. The Hall–Kier alpha value is -1.39. The Kier molecular flexibility index (Phi) is 4.56. The molecule has 19 heavy (non-hydrogen) atoms. The van der Waals surface area contributed by atoms with Crippen LogP contribution in [-0.2, 0) is 11.2 Å². The van der Waals surface area contributed by atoms with Crippen LogP contribution >= 0.6 is 22.9 Å².